The molecule has 0 spiro atoms. The largest absolute Gasteiger partial charge is 0.508 e. The molecule has 2 aromatic carbocycles. The molecule has 0 atom stereocenters. The van der Waals surface area contributed by atoms with Gasteiger partial charge in [-0.05, 0) is 52.8 Å². The van der Waals surface area contributed by atoms with Crippen molar-refractivity contribution in [3.8, 4) is 5.75 Å². The minimum atomic E-state index is -0.934. The number of hydrogen-bond donors (Lipinski definition) is 2. The van der Waals surface area contributed by atoms with E-state index in [4.69, 9.17) is 5.11 Å². The topological polar surface area (TPSA) is 57.5 Å². The fourth-order valence-electron chi connectivity index (χ4n) is 1.92. The molecule has 2 rings (SSSR count). The molecule has 0 saturated carbocycles. The first-order chi connectivity index (χ1) is 9.97. The van der Waals surface area contributed by atoms with Crippen molar-refractivity contribution in [2.45, 2.75) is 6.92 Å². The summed E-state index contributed by atoms with van der Waals surface area (Å²) in [5.74, 6) is -0.735. The maximum Gasteiger partial charge on any atom is 0.335 e. The standard InChI is InChI=1S/C18H16O3/c1-12(14-6-8-15(9-7-14)18(20)21)3-5-16-11-17(19)10-4-13(16)2/h3-11,19H,2H2,1H3,(H,20,21)/b12-3+,16-5-. The van der Waals surface area contributed by atoms with Gasteiger partial charge in [-0.15, -0.1) is 0 Å². The first-order valence-electron chi connectivity index (χ1n) is 6.47. The van der Waals surface area contributed by atoms with Crippen LogP contribution in [-0.4, -0.2) is 16.2 Å². The van der Waals surface area contributed by atoms with Crippen LogP contribution in [0.3, 0.4) is 0 Å². The van der Waals surface area contributed by atoms with Crippen LogP contribution in [0.4, 0.5) is 0 Å². The lowest BCUT2D eigenvalue weighted by Crippen LogP contribution is -2.21. The summed E-state index contributed by atoms with van der Waals surface area (Å²) >= 11 is 0. The van der Waals surface area contributed by atoms with E-state index in [9.17, 15) is 9.90 Å². The van der Waals surface area contributed by atoms with Gasteiger partial charge >= 0.3 is 5.97 Å². The molecule has 0 radical (unpaired) electrons. The second-order valence-corrected chi connectivity index (χ2v) is 4.78. The molecule has 0 aliphatic rings. The van der Waals surface area contributed by atoms with E-state index >= 15 is 0 Å². The van der Waals surface area contributed by atoms with E-state index in [-0.39, 0.29) is 11.3 Å². The van der Waals surface area contributed by atoms with Gasteiger partial charge in [-0.2, -0.15) is 0 Å². The van der Waals surface area contributed by atoms with Gasteiger partial charge < -0.3 is 10.2 Å². The van der Waals surface area contributed by atoms with Crippen molar-refractivity contribution in [2.24, 2.45) is 0 Å². The molecule has 0 unspecified atom stereocenters. The Hall–Kier alpha value is -2.81. The van der Waals surface area contributed by atoms with E-state index in [1.165, 1.54) is 0 Å². The minimum Gasteiger partial charge on any atom is -0.508 e. The van der Waals surface area contributed by atoms with Crippen molar-refractivity contribution in [1.29, 1.82) is 0 Å². The van der Waals surface area contributed by atoms with Crippen LogP contribution in [0, 0.1) is 0 Å². The third kappa shape index (κ3) is 3.60. The Balaban J connectivity index is 2.35. The number of phenolic OH excluding ortho intramolecular Hbond substituents is 1. The number of rotatable bonds is 3. The maximum absolute atomic E-state index is 10.8. The lowest BCUT2D eigenvalue weighted by Gasteiger charge is -2.01. The predicted octanol–water partition coefficient (Wildman–Crippen LogP) is 2.38. The summed E-state index contributed by atoms with van der Waals surface area (Å²) in [7, 11) is 0. The summed E-state index contributed by atoms with van der Waals surface area (Å²) in [6.07, 6.45) is 3.79. The smallest absolute Gasteiger partial charge is 0.335 e. The number of benzene rings is 2. The summed E-state index contributed by atoms with van der Waals surface area (Å²) in [4.78, 5) is 10.8. The van der Waals surface area contributed by atoms with Gasteiger partial charge in [0.25, 0.3) is 0 Å². The Kier molecular flexibility index (Phi) is 4.24. The van der Waals surface area contributed by atoms with Crippen LogP contribution >= 0.6 is 0 Å². The van der Waals surface area contributed by atoms with Crippen LogP contribution in [0.15, 0.2) is 48.5 Å². The molecule has 2 aromatic rings. The van der Waals surface area contributed by atoms with E-state index < -0.39 is 5.97 Å². The molecule has 0 aliphatic carbocycles. The summed E-state index contributed by atoms with van der Waals surface area (Å²) in [6.45, 7) is 5.85. The first kappa shape index (κ1) is 14.6. The van der Waals surface area contributed by atoms with Gasteiger partial charge in [-0.3, -0.25) is 0 Å². The van der Waals surface area contributed by atoms with E-state index in [0.717, 1.165) is 21.6 Å². The Morgan fingerprint density at radius 2 is 1.71 bits per heavy atom. The number of hydrogen-bond acceptors (Lipinski definition) is 2. The third-order valence-corrected chi connectivity index (χ3v) is 3.23. The number of aromatic hydroxyl groups is 1. The Labute approximate surface area is 122 Å². The second kappa shape index (κ2) is 6.09. The zero-order valence-electron chi connectivity index (χ0n) is 11.7. The van der Waals surface area contributed by atoms with Crippen LogP contribution in [0.1, 0.15) is 22.8 Å². The molecule has 0 bridgehead atoms. The summed E-state index contributed by atoms with van der Waals surface area (Å²) in [5.41, 5.74) is 2.21. The zero-order valence-corrected chi connectivity index (χ0v) is 11.7. The molecule has 0 aliphatic heterocycles. The van der Waals surface area contributed by atoms with Gasteiger partial charge in [0, 0.05) is 0 Å². The Bertz CT molecular complexity index is 799. The van der Waals surface area contributed by atoms with Crippen LogP contribution in [0.5, 0.6) is 5.75 Å². The molecule has 0 fully saturated rings. The molecule has 0 aromatic heterocycles. The number of carboxylic acids is 1. The van der Waals surface area contributed by atoms with Crippen molar-refractivity contribution < 1.29 is 15.0 Å². The molecular weight excluding hydrogens is 264 g/mol. The summed E-state index contributed by atoms with van der Waals surface area (Å²) in [6, 6.07) is 11.7. The normalized spacial score (nSPS) is 12.4. The fraction of sp³-hybridized carbons (Fsp3) is 0.0556. The van der Waals surface area contributed by atoms with Crippen molar-refractivity contribution in [1.82, 2.24) is 0 Å². The average Bonchev–Trinajstić information content (AvgIpc) is 2.48. The molecule has 106 valence electrons. The van der Waals surface area contributed by atoms with Gasteiger partial charge in [0.05, 0.1) is 5.56 Å². The molecule has 0 heterocycles. The summed E-state index contributed by atoms with van der Waals surface area (Å²) in [5, 5.41) is 20.0. The fourth-order valence-corrected chi connectivity index (χ4v) is 1.92. The molecule has 0 saturated heterocycles. The van der Waals surface area contributed by atoms with Crippen LogP contribution < -0.4 is 10.4 Å². The highest BCUT2D eigenvalue weighted by Crippen LogP contribution is 2.14. The average molecular weight is 280 g/mol. The maximum atomic E-state index is 10.8. The van der Waals surface area contributed by atoms with Crippen LogP contribution in [-0.2, 0) is 0 Å². The van der Waals surface area contributed by atoms with Crippen LogP contribution in [0.25, 0.3) is 18.2 Å². The number of carbonyl (C=O) groups is 1. The lowest BCUT2D eigenvalue weighted by atomic mass is 10.0. The monoisotopic (exact) mass is 280 g/mol. The van der Waals surface area contributed by atoms with Gasteiger partial charge in [0.1, 0.15) is 5.75 Å². The predicted molar refractivity (Wildman–Crippen MR) is 84.4 cm³/mol. The number of allylic oxidation sites excluding steroid dienone is 2. The highest BCUT2D eigenvalue weighted by atomic mass is 16.4. The highest BCUT2D eigenvalue weighted by Gasteiger charge is 2.01. The number of phenols is 1. The van der Waals surface area contributed by atoms with Crippen molar-refractivity contribution in [2.75, 3.05) is 0 Å². The molecular formula is C18H16O3. The van der Waals surface area contributed by atoms with Crippen LogP contribution in [0.2, 0.25) is 0 Å². The Morgan fingerprint density at radius 3 is 2.33 bits per heavy atom. The molecule has 3 heteroatoms. The van der Waals surface area contributed by atoms with Gasteiger partial charge in [0.15, 0.2) is 0 Å². The summed E-state index contributed by atoms with van der Waals surface area (Å²) < 4.78 is 0. The SMILES string of the molecule is C=c1ccc(O)c/c1=C/C=C(\C)c1ccc(C(=O)O)cc1. The quantitative estimate of drug-likeness (QED) is 0.907. The van der Waals surface area contributed by atoms with Crippen molar-refractivity contribution in [3.05, 3.63) is 70.1 Å². The number of aromatic carboxylic acids is 1. The highest BCUT2D eigenvalue weighted by molar-refractivity contribution is 5.88. The second-order valence-electron chi connectivity index (χ2n) is 4.78. The molecule has 3 nitrogen and oxygen atoms in total. The third-order valence-electron chi connectivity index (χ3n) is 3.23. The molecule has 0 amide bonds. The van der Waals surface area contributed by atoms with Crippen molar-refractivity contribution in [3.63, 3.8) is 0 Å². The molecule has 21 heavy (non-hydrogen) atoms. The van der Waals surface area contributed by atoms with Gasteiger partial charge in [-0.25, -0.2) is 4.79 Å². The van der Waals surface area contributed by atoms with E-state index in [1.54, 1.807) is 42.5 Å². The van der Waals surface area contributed by atoms with Crippen molar-refractivity contribution >= 4 is 24.2 Å². The van der Waals surface area contributed by atoms with Gasteiger partial charge in [-0.1, -0.05) is 36.9 Å². The van der Waals surface area contributed by atoms with E-state index in [0.29, 0.717) is 0 Å². The van der Waals surface area contributed by atoms with Gasteiger partial charge in [0.2, 0.25) is 0 Å². The zero-order chi connectivity index (χ0) is 15.4. The Morgan fingerprint density at radius 1 is 1.10 bits per heavy atom. The number of carboxylic acid groups (broad SMARTS) is 1. The van der Waals surface area contributed by atoms with E-state index in [2.05, 4.69) is 6.58 Å². The van der Waals surface area contributed by atoms with E-state index in [1.807, 2.05) is 19.1 Å². The first-order valence-corrected chi connectivity index (χ1v) is 6.47. The minimum absolute atomic E-state index is 0.200. The molecule has 2 N–H and O–H groups in total. The lowest BCUT2D eigenvalue weighted by molar-refractivity contribution is 0.0697.